The second-order valence-corrected chi connectivity index (χ2v) is 7.45. The molecule has 30 heavy (non-hydrogen) atoms. The molecule has 0 unspecified atom stereocenters. The minimum absolute atomic E-state index is 0.104. The van der Waals surface area contributed by atoms with Gasteiger partial charge in [0.15, 0.2) is 0 Å². The van der Waals surface area contributed by atoms with Crippen molar-refractivity contribution in [3.63, 3.8) is 0 Å². The Hall–Kier alpha value is -3.24. The van der Waals surface area contributed by atoms with Gasteiger partial charge in [-0.25, -0.2) is 0 Å². The number of benzene rings is 3. The summed E-state index contributed by atoms with van der Waals surface area (Å²) in [6, 6.07) is 24.0. The van der Waals surface area contributed by atoms with Gasteiger partial charge >= 0.3 is 0 Å². The van der Waals surface area contributed by atoms with Crippen molar-refractivity contribution < 1.29 is 9.47 Å². The van der Waals surface area contributed by atoms with Gasteiger partial charge in [0.2, 0.25) is 0 Å². The van der Waals surface area contributed by atoms with Crippen molar-refractivity contribution in [1.82, 2.24) is 0 Å². The van der Waals surface area contributed by atoms with E-state index in [2.05, 4.69) is 29.3 Å². The molecule has 5 heteroatoms. The normalized spacial score (nSPS) is 16.0. The zero-order valence-electron chi connectivity index (χ0n) is 17.0. The highest BCUT2D eigenvalue weighted by Crippen LogP contribution is 2.36. The largest absolute Gasteiger partial charge is 0.497 e. The predicted molar refractivity (Wildman–Crippen MR) is 124 cm³/mol. The van der Waals surface area contributed by atoms with E-state index in [1.807, 2.05) is 60.7 Å². The standard InChI is InChI=1S/C25H23ClN2O2/c1-29-23-13-4-18(5-14-23)3-10-21-17-25(19-6-15-24(30-2)16-7-19)28(27-21)22-11-8-20(26)9-12-22/h3-16,25H,17H2,1-2H3/b10-3+/t25-/m1/s1. The summed E-state index contributed by atoms with van der Waals surface area (Å²) >= 11 is 6.08. The number of methoxy groups -OCH3 is 2. The molecule has 0 radical (unpaired) electrons. The maximum absolute atomic E-state index is 6.08. The van der Waals surface area contributed by atoms with Crippen LogP contribution in [0.25, 0.3) is 6.08 Å². The maximum Gasteiger partial charge on any atom is 0.118 e. The first-order valence-corrected chi connectivity index (χ1v) is 10.1. The van der Waals surface area contributed by atoms with E-state index in [1.165, 1.54) is 5.56 Å². The van der Waals surface area contributed by atoms with Crippen molar-refractivity contribution in [2.45, 2.75) is 12.5 Å². The van der Waals surface area contributed by atoms with Gasteiger partial charge in [-0.1, -0.05) is 41.9 Å². The quantitative estimate of drug-likeness (QED) is 0.466. The first kappa shape index (κ1) is 20.0. The highest BCUT2D eigenvalue weighted by molar-refractivity contribution is 6.30. The van der Waals surface area contributed by atoms with E-state index in [4.69, 9.17) is 26.2 Å². The molecular weight excluding hydrogens is 396 g/mol. The van der Waals surface area contributed by atoms with Crippen LogP contribution in [0.4, 0.5) is 5.69 Å². The Morgan fingerprint density at radius 2 is 1.43 bits per heavy atom. The Morgan fingerprint density at radius 3 is 2.03 bits per heavy atom. The van der Waals surface area contributed by atoms with Crippen molar-refractivity contribution >= 4 is 29.1 Å². The summed E-state index contributed by atoms with van der Waals surface area (Å²) in [5.74, 6) is 1.69. The first-order chi connectivity index (χ1) is 14.7. The molecule has 0 spiro atoms. The summed E-state index contributed by atoms with van der Waals surface area (Å²) in [6.07, 6.45) is 4.96. The molecule has 1 aliphatic rings. The molecule has 3 aromatic rings. The van der Waals surface area contributed by atoms with Gasteiger partial charge in [-0.15, -0.1) is 0 Å². The molecule has 1 atom stereocenters. The number of ether oxygens (including phenoxy) is 2. The molecule has 0 saturated carbocycles. The minimum atomic E-state index is 0.104. The van der Waals surface area contributed by atoms with Crippen LogP contribution in [0.15, 0.2) is 84.0 Å². The van der Waals surface area contributed by atoms with E-state index in [0.29, 0.717) is 5.02 Å². The van der Waals surface area contributed by atoms with Crippen LogP contribution in [0.5, 0.6) is 11.5 Å². The molecule has 0 saturated heterocycles. The summed E-state index contributed by atoms with van der Waals surface area (Å²) in [5, 5.41) is 7.67. The molecule has 4 rings (SSSR count). The van der Waals surface area contributed by atoms with Crippen molar-refractivity contribution in [2.24, 2.45) is 5.10 Å². The molecule has 1 heterocycles. The number of hydrazone groups is 1. The van der Waals surface area contributed by atoms with Gasteiger partial charge in [0.25, 0.3) is 0 Å². The van der Waals surface area contributed by atoms with E-state index >= 15 is 0 Å². The lowest BCUT2D eigenvalue weighted by molar-refractivity contribution is 0.414. The Balaban J connectivity index is 1.61. The highest BCUT2D eigenvalue weighted by Gasteiger charge is 2.28. The van der Waals surface area contributed by atoms with E-state index in [9.17, 15) is 0 Å². The molecular formula is C25H23ClN2O2. The summed E-state index contributed by atoms with van der Waals surface area (Å²) in [4.78, 5) is 0. The highest BCUT2D eigenvalue weighted by atomic mass is 35.5. The third kappa shape index (κ3) is 4.50. The van der Waals surface area contributed by atoms with Crippen molar-refractivity contribution in [3.8, 4) is 11.5 Å². The second kappa shape index (κ2) is 9.06. The summed E-state index contributed by atoms with van der Waals surface area (Å²) in [6.45, 7) is 0. The number of anilines is 1. The van der Waals surface area contributed by atoms with E-state index < -0.39 is 0 Å². The summed E-state index contributed by atoms with van der Waals surface area (Å²) in [7, 11) is 3.35. The van der Waals surface area contributed by atoms with E-state index in [1.54, 1.807) is 14.2 Å². The number of halogens is 1. The first-order valence-electron chi connectivity index (χ1n) is 9.74. The van der Waals surface area contributed by atoms with Gasteiger partial charge in [-0.3, -0.25) is 5.01 Å². The average Bonchev–Trinajstić information content (AvgIpc) is 3.23. The van der Waals surface area contributed by atoms with Crippen LogP contribution in [0.2, 0.25) is 5.02 Å². The fourth-order valence-corrected chi connectivity index (χ4v) is 3.58. The molecule has 0 aromatic heterocycles. The van der Waals surface area contributed by atoms with Crippen molar-refractivity contribution in [2.75, 3.05) is 19.2 Å². The molecule has 0 aliphatic carbocycles. The van der Waals surface area contributed by atoms with Crippen LogP contribution in [-0.2, 0) is 0 Å². The Labute approximate surface area is 182 Å². The molecule has 0 fully saturated rings. The fraction of sp³-hybridized carbons (Fsp3) is 0.160. The topological polar surface area (TPSA) is 34.1 Å². The monoisotopic (exact) mass is 418 g/mol. The minimum Gasteiger partial charge on any atom is -0.497 e. The van der Waals surface area contributed by atoms with Crippen molar-refractivity contribution in [1.29, 1.82) is 0 Å². The summed E-state index contributed by atoms with van der Waals surface area (Å²) < 4.78 is 10.5. The van der Waals surface area contributed by atoms with Crippen LogP contribution in [-0.4, -0.2) is 19.9 Å². The predicted octanol–water partition coefficient (Wildman–Crippen LogP) is 6.38. The SMILES string of the molecule is COc1ccc(/C=C/C2=NN(c3ccc(Cl)cc3)[C@@H](c3ccc(OC)cc3)C2)cc1. The van der Waals surface area contributed by atoms with Crippen molar-refractivity contribution in [3.05, 3.63) is 95.0 Å². The van der Waals surface area contributed by atoms with Crippen LogP contribution in [0, 0.1) is 0 Å². The smallest absolute Gasteiger partial charge is 0.118 e. The molecule has 0 amide bonds. The van der Waals surface area contributed by atoms with Gasteiger partial charge in [0, 0.05) is 11.4 Å². The number of hydrogen-bond donors (Lipinski definition) is 0. The van der Waals surface area contributed by atoms with Gasteiger partial charge in [0.05, 0.1) is 31.7 Å². The zero-order valence-corrected chi connectivity index (χ0v) is 17.7. The van der Waals surface area contributed by atoms with Gasteiger partial charge in [-0.05, 0) is 65.7 Å². The third-order valence-electron chi connectivity index (χ3n) is 5.11. The van der Waals surface area contributed by atoms with Crippen LogP contribution in [0.3, 0.4) is 0 Å². The Bertz CT molecular complexity index is 1040. The molecule has 152 valence electrons. The second-order valence-electron chi connectivity index (χ2n) is 7.01. The third-order valence-corrected chi connectivity index (χ3v) is 5.36. The fourth-order valence-electron chi connectivity index (χ4n) is 3.46. The number of nitrogens with zero attached hydrogens (tertiary/aromatic N) is 2. The van der Waals surface area contributed by atoms with Gasteiger partial charge in [0.1, 0.15) is 11.5 Å². The summed E-state index contributed by atoms with van der Waals surface area (Å²) in [5.41, 5.74) is 4.31. The lowest BCUT2D eigenvalue weighted by Crippen LogP contribution is -2.18. The van der Waals surface area contributed by atoms with E-state index in [-0.39, 0.29) is 6.04 Å². The van der Waals surface area contributed by atoms with Gasteiger partial charge in [-0.2, -0.15) is 5.10 Å². The number of rotatable bonds is 6. The lowest BCUT2D eigenvalue weighted by Gasteiger charge is -2.24. The van der Waals surface area contributed by atoms with Crippen LogP contribution < -0.4 is 14.5 Å². The molecule has 0 bridgehead atoms. The Kier molecular flexibility index (Phi) is 6.05. The lowest BCUT2D eigenvalue weighted by atomic mass is 10.0. The van der Waals surface area contributed by atoms with Gasteiger partial charge < -0.3 is 9.47 Å². The molecule has 1 aliphatic heterocycles. The van der Waals surface area contributed by atoms with Crippen LogP contribution >= 0.6 is 11.6 Å². The van der Waals surface area contributed by atoms with Crippen LogP contribution in [0.1, 0.15) is 23.6 Å². The molecule has 3 aromatic carbocycles. The molecule has 0 N–H and O–H groups in total. The number of allylic oxidation sites excluding steroid dienone is 1. The zero-order chi connectivity index (χ0) is 20.9. The van der Waals surface area contributed by atoms with E-state index in [0.717, 1.165) is 34.9 Å². The number of hydrogen-bond acceptors (Lipinski definition) is 4. The Morgan fingerprint density at radius 1 is 0.833 bits per heavy atom. The average molecular weight is 419 g/mol. The molecule has 4 nitrogen and oxygen atoms in total. The maximum atomic E-state index is 6.08.